The van der Waals surface area contributed by atoms with Crippen LogP contribution in [0.3, 0.4) is 0 Å². The van der Waals surface area contributed by atoms with Crippen LogP contribution >= 0.6 is 0 Å². The molecule has 0 aromatic rings. The summed E-state index contributed by atoms with van der Waals surface area (Å²) in [7, 11) is 1.24. The molecule has 7 nitrogen and oxygen atoms in total. The van der Waals surface area contributed by atoms with Crippen molar-refractivity contribution in [2.75, 3.05) is 40.8 Å². The third-order valence-corrected chi connectivity index (χ3v) is 5.30. The molecule has 1 fully saturated rings. The van der Waals surface area contributed by atoms with Crippen molar-refractivity contribution in [1.29, 1.82) is 0 Å². The SMILES string of the molecule is CN(C)C(=O)C1CCCN1S(=O)(=O)N(C)CCCN. The minimum absolute atomic E-state index is 0.159. The van der Waals surface area contributed by atoms with E-state index in [-0.39, 0.29) is 5.91 Å². The van der Waals surface area contributed by atoms with E-state index in [9.17, 15) is 13.2 Å². The lowest BCUT2D eigenvalue weighted by Crippen LogP contribution is -2.50. The van der Waals surface area contributed by atoms with Crippen LogP contribution in [0, 0.1) is 0 Å². The second kappa shape index (κ2) is 6.65. The summed E-state index contributed by atoms with van der Waals surface area (Å²) in [6.45, 7) is 1.22. The highest BCUT2D eigenvalue weighted by atomic mass is 32.2. The minimum Gasteiger partial charge on any atom is -0.347 e. The van der Waals surface area contributed by atoms with Gasteiger partial charge in [-0.3, -0.25) is 4.79 Å². The molecule has 0 saturated carbocycles. The lowest BCUT2D eigenvalue weighted by atomic mass is 10.2. The van der Waals surface area contributed by atoms with Gasteiger partial charge < -0.3 is 10.6 Å². The first-order valence-electron chi connectivity index (χ1n) is 6.46. The van der Waals surface area contributed by atoms with E-state index in [0.717, 1.165) is 0 Å². The fourth-order valence-electron chi connectivity index (χ4n) is 2.17. The number of carbonyl (C=O) groups excluding carboxylic acids is 1. The molecule has 0 radical (unpaired) electrons. The van der Waals surface area contributed by atoms with Gasteiger partial charge in [-0.15, -0.1) is 0 Å². The minimum atomic E-state index is -3.58. The van der Waals surface area contributed by atoms with Crippen molar-refractivity contribution in [3.05, 3.63) is 0 Å². The van der Waals surface area contributed by atoms with Crippen molar-refractivity contribution >= 4 is 16.1 Å². The van der Waals surface area contributed by atoms with Crippen LogP contribution < -0.4 is 5.73 Å². The summed E-state index contributed by atoms with van der Waals surface area (Å²) < 4.78 is 27.4. The van der Waals surface area contributed by atoms with Crippen molar-refractivity contribution < 1.29 is 13.2 Å². The monoisotopic (exact) mass is 292 g/mol. The van der Waals surface area contributed by atoms with Gasteiger partial charge in [0.1, 0.15) is 6.04 Å². The molecular formula is C11H24N4O3S. The highest BCUT2D eigenvalue weighted by Gasteiger charge is 2.40. The Morgan fingerprint density at radius 1 is 1.37 bits per heavy atom. The van der Waals surface area contributed by atoms with E-state index < -0.39 is 16.3 Å². The van der Waals surface area contributed by atoms with Crippen molar-refractivity contribution in [1.82, 2.24) is 13.5 Å². The number of rotatable bonds is 6. The smallest absolute Gasteiger partial charge is 0.282 e. The molecule has 8 heteroatoms. The summed E-state index contributed by atoms with van der Waals surface area (Å²) in [6.07, 6.45) is 1.91. The van der Waals surface area contributed by atoms with E-state index in [2.05, 4.69) is 0 Å². The van der Waals surface area contributed by atoms with Crippen LogP contribution in [0.1, 0.15) is 19.3 Å². The largest absolute Gasteiger partial charge is 0.347 e. The number of nitrogens with two attached hydrogens (primary N) is 1. The highest BCUT2D eigenvalue weighted by molar-refractivity contribution is 7.86. The molecule has 112 valence electrons. The molecule has 0 aromatic carbocycles. The van der Waals surface area contributed by atoms with Crippen LogP contribution in [0.5, 0.6) is 0 Å². The molecule has 2 N–H and O–H groups in total. The summed E-state index contributed by atoms with van der Waals surface area (Å²) in [6, 6.07) is -0.569. The van der Waals surface area contributed by atoms with Gasteiger partial charge >= 0.3 is 0 Å². The number of carbonyl (C=O) groups is 1. The Labute approximate surface area is 115 Å². The van der Waals surface area contributed by atoms with Gasteiger partial charge in [-0.1, -0.05) is 0 Å². The van der Waals surface area contributed by atoms with Gasteiger partial charge in [0.05, 0.1) is 0 Å². The maximum atomic E-state index is 12.4. The first-order chi connectivity index (χ1) is 8.82. The zero-order valence-electron chi connectivity index (χ0n) is 11.9. The molecule has 1 saturated heterocycles. The molecule has 1 amide bonds. The van der Waals surface area contributed by atoms with Gasteiger partial charge in [-0.2, -0.15) is 17.0 Å². The van der Waals surface area contributed by atoms with Crippen LogP contribution in [0.2, 0.25) is 0 Å². The van der Waals surface area contributed by atoms with Gasteiger partial charge in [-0.25, -0.2) is 0 Å². The molecule has 19 heavy (non-hydrogen) atoms. The van der Waals surface area contributed by atoms with E-state index in [1.807, 2.05) is 0 Å². The molecule has 1 aliphatic heterocycles. The molecule has 0 spiro atoms. The Hall–Kier alpha value is -0.700. The number of likely N-dealkylation sites (N-methyl/N-ethyl adjacent to an activating group) is 1. The summed E-state index contributed by atoms with van der Waals surface area (Å²) in [5.74, 6) is -0.159. The Morgan fingerprint density at radius 2 is 2.00 bits per heavy atom. The van der Waals surface area contributed by atoms with Crippen LogP contribution in [0.15, 0.2) is 0 Å². The molecule has 0 aliphatic carbocycles. The van der Waals surface area contributed by atoms with Gasteiger partial charge in [0.25, 0.3) is 10.2 Å². The molecule has 0 bridgehead atoms. The Bertz CT molecular complexity index is 410. The molecule has 1 aliphatic rings. The van der Waals surface area contributed by atoms with E-state index in [4.69, 9.17) is 5.73 Å². The number of amides is 1. The maximum Gasteiger partial charge on any atom is 0.282 e. The van der Waals surface area contributed by atoms with Gasteiger partial charge in [0.15, 0.2) is 0 Å². The predicted molar refractivity (Wildman–Crippen MR) is 73.6 cm³/mol. The fraction of sp³-hybridized carbons (Fsp3) is 0.909. The topological polar surface area (TPSA) is 87.0 Å². The second-order valence-corrected chi connectivity index (χ2v) is 6.96. The molecule has 1 unspecified atom stereocenters. The van der Waals surface area contributed by atoms with E-state index >= 15 is 0 Å². The Kier molecular flexibility index (Phi) is 5.72. The molecule has 1 atom stereocenters. The standard InChI is InChI=1S/C11H24N4O3S/c1-13(2)11(16)10-6-4-9-15(10)19(17,18)14(3)8-5-7-12/h10H,4-9,12H2,1-3H3. The molecule has 1 heterocycles. The van der Waals surface area contributed by atoms with Crippen molar-refractivity contribution in [3.63, 3.8) is 0 Å². The van der Waals surface area contributed by atoms with Crippen molar-refractivity contribution in [2.45, 2.75) is 25.3 Å². The third kappa shape index (κ3) is 3.65. The predicted octanol–water partition coefficient (Wildman–Crippen LogP) is -0.936. The van der Waals surface area contributed by atoms with E-state index in [1.165, 1.54) is 20.6 Å². The van der Waals surface area contributed by atoms with E-state index in [0.29, 0.717) is 38.9 Å². The van der Waals surface area contributed by atoms with Crippen LogP contribution in [-0.2, 0) is 15.0 Å². The highest BCUT2D eigenvalue weighted by Crippen LogP contribution is 2.23. The zero-order chi connectivity index (χ0) is 14.6. The lowest BCUT2D eigenvalue weighted by molar-refractivity contribution is -0.132. The third-order valence-electron chi connectivity index (χ3n) is 3.30. The summed E-state index contributed by atoms with van der Waals surface area (Å²) in [4.78, 5) is 13.5. The summed E-state index contributed by atoms with van der Waals surface area (Å²) >= 11 is 0. The zero-order valence-corrected chi connectivity index (χ0v) is 12.7. The lowest BCUT2D eigenvalue weighted by Gasteiger charge is -2.29. The Morgan fingerprint density at radius 3 is 2.53 bits per heavy atom. The average Bonchev–Trinajstić information content (AvgIpc) is 2.84. The fourth-order valence-corrected chi connectivity index (χ4v) is 3.76. The number of hydrogen-bond acceptors (Lipinski definition) is 4. The quantitative estimate of drug-likeness (QED) is 0.685. The summed E-state index contributed by atoms with van der Waals surface area (Å²) in [5, 5.41) is 0. The van der Waals surface area contributed by atoms with Gasteiger partial charge in [-0.05, 0) is 25.8 Å². The van der Waals surface area contributed by atoms with Crippen LogP contribution in [0.4, 0.5) is 0 Å². The van der Waals surface area contributed by atoms with Crippen LogP contribution in [0.25, 0.3) is 0 Å². The Balaban J connectivity index is 2.84. The van der Waals surface area contributed by atoms with Gasteiger partial charge in [0.2, 0.25) is 5.91 Å². The second-order valence-electron chi connectivity index (χ2n) is 4.97. The molecule has 1 rings (SSSR count). The van der Waals surface area contributed by atoms with E-state index in [1.54, 1.807) is 14.1 Å². The normalized spacial score (nSPS) is 21.0. The average molecular weight is 292 g/mol. The first-order valence-corrected chi connectivity index (χ1v) is 7.86. The number of nitrogens with zero attached hydrogens (tertiary/aromatic N) is 3. The summed E-state index contributed by atoms with van der Waals surface area (Å²) in [5.41, 5.74) is 5.39. The molecular weight excluding hydrogens is 268 g/mol. The van der Waals surface area contributed by atoms with Gasteiger partial charge in [0, 0.05) is 34.2 Å². The number of hydrogen-bond donors (Lipinski definition) is 1. The van der Waals surface area contributed by atoms with Crippen molar-refractivity contribution in [2.24, 2.45) is 5.73 Å². The van der Waals surface area contributed by atoms with Crippen LogP contribution in [-0.4, -0.2) is 74.7 Å². The molecule has 0 aromatic heterocycles. The maximum absolute atomic E-state index is 12.4. The first kappa shape index (κ1) is 16.4. The van der Waals surface area contributed by atoms with Crippen molar-refractivity contribution in [3.8, 4) is 0 Å².